The van der Waals surface area contributed by atoms with Crippen LogP contribution in [0.1, 0.15) is 18.4 Å². The van der Waals surface area contributed by atoms with Gasteiger partial charge in [-0.3, -0.25) is 4.79 Å². The molecular formula is C12H14ClFN2O. The lowest BCUT2D eigenvalue weighted by atomic mass is 10.2. The smallest absolute Gasteiger partial charge is 0.234 e. The molecule has 1 aromatic carbocycles. The third kappa shape index (κ3) is 3.98. The molecule has 1 fully saturated rings. The minimum atomic E-state index is -0.354. The molecule has 1 aromatic rings. The van der Waals surface area contributed by atoms with Gasteiger partial charge in [0.2, 0.25) is 5.91 Å². The van der Waals surface area contributed by atoms with Crippen molar-refractivity contribution in [2.45, 2.75) is 25.4 Å². The van der Waals surface area contributed by atoms with Crippen LogP contribution < -0.4 is 10.6 Å². The summed E-state index contributed by atoms with van der Waals surface area (Å²) in [4.78, 5) is 11.3. The lowest BCUT2D eigenvalue weighted by molar-refractivity contribution is -0.120. The fourth-order valence-corrected chi connectivity index (χ4v) is 1.64. The van der Waals surface area contributed by atoms with E-state index in [1.807, 2.05) is 0 Å². The molecule has 0 aliphatic heterocycles. The minimum Gasteiger partial charge on any atom is -0.352 e. The molecule has 0 saturated heterocycles. The van der Waals surface area contributed by atoms with Crippen LogP contribution in [0.3, 0.4) is 0 Å². The Morgan fingerprint density at radius 2 is 2.24 bits per heavy atom. The standard InChI is InChI=1S/C12H14ClFN2O/c13-9-2-1-8(11(14)5-9)6-15-7-12(17)16-10-3-4-10/h1-2,5,10,15H,3-4,6-7H2,(H,16,17). The summed E-state index contributed by atoms with van der Waals surface area (Å²) >= 11 is 5.64. The molecule has 5 heteroatoms. The van der Waals surface area contributed by atoms with Crippen molar-refractivity contribution in [3.63, 3.8) is 0 Å². The van der Waals surface area contributed by atoms with Crippen LogP contribution in [0.5, 0.6) is 0 Å². The molecule has 1 saturated carbocycles. The number of carbonyl (C=O) groups is 1. The van der Waals surface area contributed by atoms with Crippen LogP contribution in [0.4, 0.5) is 4.39 Å². The fraction of sp³-hybridized carbons (Fsp3) is 0.417. The van der Waals surface area contributed by atoms with Gasteiger partial charge in [0, 0.05) is 23.2 Å². The van der Waals surface area contributed by atoms with Gasteiger partial charge in [0.25, 0.3) is 0 Å². The highest BCUT2D eigenvalue weighted by Crippen LogP contribution is 2.18. The van der Waals surface area contributed by atoms with E-state index in [1.54, 1.807) is 12.1 Å². The van der Waals surface area contributed by atoms with Gasteiger partial charge in [-0.2, -0.15) is 0 Å². The van der Waals surface area contributed by atoms with Crippen LogP contribution in [-0.2, 0) is 11.3 Å². The SMILES string of the molecule is O=C(CNCc1ccc(Cl)cc1F)NC1CC1. The summed E-state index contributed by atoms with van der Waals surface area (Å²) in [6, 6.07) is 4.87. The maximum Gasteiger partial charge on any atom is 0.234 e. The van der Waals surface area contributed by atoms with Crippen LogP contribution in [0, 0.1) is 5.82 Å². The first kappa shape index (κ1) is 12.3. The van der Waals surface area contributed by atoms with E-state index in [0.717, 1.165) is 12.8 Å². The first-order chi connectivity index (χ1) is 8.15. The Morgan fingerprint density at radius 3 is 2.88 bits per heavy atom. The van der Waals surface area contributed by atoms with Crippen LogP contribution in [0.2, 0.25) is 5.02 Å². The van der Waals surface area contributed by atoms with Crippen molar-refractivity contribution in [2.75, 3.05) is 6.54 Å². The second-order valence-electron chi connectivity index (χ2n) is 4.18. The normalized spacial score (nSPS) is 14.7. The molecule has 2 rings (SSSR count). The maximum absolute atomic E-state index is 13.4. The van der Waals surface area contributed by atoms with E-state index in [1.165, 1.54) is 6.07 Å². The predicted molar refractivity (Wildman–Crippen MR) is 64.3 cm³/mol. The van der Waals surface area contributed by atoms with E-state index in [4.69, 9.17) is 11.6 Å². The second kappa shape index (κ2) is 5.47. The molecule has 1 aliphatic carbocycles. The van der Waals surface area contributed by atoms with E-state index in [9.17, 15) is 9.18 Å². The molecule has 0 bridgehead atoms. The van der Waals surface area contributed by atoms with Crippen LogP contribution in [0.15, 0.2) is 18.2 Å². The van der Waals surface area contributed by atoms with Gasteiger partial charge in [0.1, 0.15) is 5.82 Å². The molecule has 0 atom stereocenters. The molecule has 17 heavy (non-hydrogen) atoms. The molecule has 0 unspecified atom stereocenters. The quantitative estimate of drug-likeness (QED) is 0.844. The van der Waals surface area contributed by atoms with Crippen molar-refractivity contribution < 1.29 is 9.18 Å². The summed E-state index contributed by atoms with van der Waals surface area (Å²) < 4.78 is 13.4. The molecular weight excluding hydrogens is 243 g/mol. The van der Waals surface area contributed by atoms with Crippen molar-refractivity contribution in [2.24, 2.45) is 0 Å². The number of hydrogen-bond acceptors (Lipinski definition) is 2. The second-order valence-corrected chi connectivity index (χ2v) is 4.62. The summed E-state index contributed by atoms with van der Waals surface area (Å²) in [5, 5.41) is 6.12. The summed E-state index contributed by atoms with van der Waals surface area (Å²) in [7, 11) is 0. The molecule has 0 heterocycles. The Balaban J connectivity index is 1.75. The third-order valence-corrected chi connectivity index (χ3v) is 2.79. The number of nitrogens with one attached hydrogen (secondary N) is 2. The monoisotopic (exact) mass is 256 g/mol. The average molecular weight is 257 g/mol. The van der Waals surface area contributed by atoms with Gasteiger partial charge in [-0.05, 0) is 25.0 Å². The van der Waals surface area contributed by atoms with E-state index in [2.05, 4.69) is 10.6 Å². The van der Waals surface area contributed by atoms with Crippen molar-refractivity contribution in [3.05, 3.63) is 34.6 Å². The predicted octanol–water partition coefficient (Wildman–Crippen LogP) is 1.85. The lowest BCUT2D eigenvalue weighted by Crippen LogP contribution is -2.34. The number of hydrogen-bond donors (Lipinski definition) is 2. The highest BCUT2D eigenvalue weighted by Gasteiger charge is 2.22. The topological polar surface area (TPSA) is 41.1 Å². The highest BCUT2D eigenvalue weighted by molar-refractivity contribution is 6.30. The first-order valence-corrected chi connectivity index (χ1v) is 5.97. The van der Waals surface area contributed by atoms with Crippen molar-refractivity contribution in [1.82, 2.24) is 10.6 Å². The largest absolute Gasteiger partial charge is 0.352 e. The van der Waals surface area contributed by atoms with Crippen LogP contribution >= 0.6 is 11.6 Å². The van der Waals surface area contributed by atoms with E-state index < -0.39 is 0 Å². The zero-order chi connectivity index (χ0) is 12.3. The van der Waals surface area contributed by atoms with Crippen LogP contribution in [-0.4, -0.2) is 18.5 Å². The Morgan fingerprint density at radius 1 is 1.47 bits per heavy atom. The lowest BCUT2D eigenvalue weighted by Gasteiger charge is -2.06. The molecule has 3 nitrogen and oxygen atoms in total. The zero-order valence-corrected chi connectivity index (χ0v) is 10.1. The highest BCUT2D eigenvalue weighted by atomic mass is 35.5. The molecule has 0 spiro atoms. The Hall–Kier alpha value is -1.13. The van der Waals surface area contributed by atoms with Gasteiger partial charge in [-0.25, -0.2) is 4.39 Å². The summed E-state index contributed by atoms with van der Waals surface area (Å²) in [5.41, 5.74) is 0.508. The Labute approximate surface area is 104 Å². The molecule has 0 aromatic heterocycles. The van der Waals surface area contributed by atoms with Gasteiger partial charge in [-0.1, -0.05) is 17.7 Å². The van der Waals surface area contributed by atoms with Gasteiger partial charge in [0.15, 0.2) is 0 Å². The molecule has 0 radical (unpaired) electrons. The van der Waals surface area contributed by atoms with E-state index in [0.29, 0.717) is 23.2 Å². The van der Waals surface area contributed by atoms with Crippen molar-refractivity contribution >= 4 is 17.5 Å². The summed E-state index contributed by atoms with van der Waals surface area (Å²) in [6.45, 7) is 0.527. The van der Waals surface area contributed by atoms with Gasteiger partial charge in [0.05, 0.1) is 6.54 Å². The van der Waals surface area contributed by atoms with Crippen molar-refractivity contribution in [3.8, 4) is 0 Å². The van der Waals surface area contributed by atoms with Gasteiger partial charge < -0.3 is 10.6 Å². The summed E-state index contributed by atoms with van der Waals surface area (Å²) in [5.74, 6) is -0.394. The van der Waals surface area contributed by atoms with Crippen LogP contribution in [0.25, 0.3) is 0 Å². The number of benzene rings is 1. The minimum absolute atomic E-state index is 0.0399. The first-order valence-electron chi connectivity index (χ1n) is 5.59. The number of carbonyl (C=O) groups excluding carboxylic acids is 1. The molecule has 2 N–H and O–H groups in total. The molecule has 1 amide bonds. The Kier molecular flexibility index (Phi) is 3.97. The molecule has 1 aliphatic rings. The van der Waals surface area contributed by atoms with Crippen molar-refractivity contribution in [1.29, 1.82) is 0 Å². The number of rotatable bonds is 5. The third-order valence-electron chi connectivity index (χ3n) is 2.56. The van der Waals surface area contributed by atoms with Gasteiger partial charge in [-0.15, -0.1) is 0 Å². The zero-order valence-electron chi connectivity index (χ0n) is 9.30. The van der Waals surface area contributed by atoms with E-state index >= 15 is 0 Å². The number of halogens is 2. The molecule has 92 valence electrons. The maximum atomic E-state index is 13.4. The fourth-order valence-electron chi connectivity index (χ4n) is 1.48. The number of amides is 1. The Bertz CT molecular complexity index is 421. The summed E-state index contributed by atoms with van der Waals surface area (Å²) in [6.07, 6.45) is 2.13. The average Bonchev–Trinajstić information content (AvgIpc) is 3.05. The van der Waals surface area contributed by atoms with E-state index in [-0.39, 0.29) is 18.3 Å². The van der Waals surface area contributed by atoms with Gasteiger partial charge >= 0.3 is 0 Å².